The largest absolute Gasteiger partial charge is 0.507 e. The average molecular weight is 446 g/mol. The lowest BCUT2D eigenvalue weighted by Crippen LogP contribution is -2.39. The number of phenols is 1. The lowest BCUT2D eigenvalue weighted by molar-refractivity contribution is -0.126. The summed E-state index contributed by atoms with van der Waals surface area (Å²) in [6.45, 7) is 2.66. The van der Waals surface area contributed by atoms with Crippen LogP contribution in [0.5, 0.6) is 11.5 Å². The number of likely N-dealkylation sites (tertiary alicyclic amines) is 1. The van der Waals surface area contributed by atoms with Crippen LogP contribution in [0.3, 0.4) is 0 Å². The van der Waals surface area contributed by atoms with Gasteiger partial charge in [-0.1, -0.05) is 28.1 Å². The van der Waals surface area contributed by atoms with E-state index in [4.69, 9.17) is 4.74 Å². The summed E-state index contributed by atoms with van der Waals surface area (Å²) in [6, 6.07) is 13.2. The molecule has 0 aromatic heterocycles. The molecule has 0 aliphatic carbocycles. The van der Waals surface area contributed by atoms with E-state index < -0.39 is 0 Å². The van der Waals surface area contributed by atoms with Gasteiger partial charge in [0.05, 0.1) is 13.3 Å². The number of piperidine rings is 1. The summed E-state index contributed by atoms with van der Waals surface area (Å²) in [4.78, 5) is 14.7. The normalized spacial score (nSPS) is 15.6. The molecule has 2 aromatic carbocycles. The zero-order valence-corrected chi connectivity index (χ0v) is 17.4. The maximum absolute atomic E-state index is 12.4. The van der Waals surface area contributed by atoms with Gasteiger partial charge in [0.15, 0.2) is 0 Å². The number of hydrogen-bond acceptors (Lipinski definition) is 5. The molecule has 0 spiro atoms. The van der Waals surface area contributed by atoms with Gasteiger partial charge in [0.1, 0.15) is 11.5 Å². The predicted molar refractivity (Wildman–Crippen MR) is 113 cm³/mol. The first-order valence-electron chi connectivity index (χ1n) is 9.22. The third-order valence-corrected chi connectivity index (χ3v) is 5.42. The SMILES string of the molecule is COc1ccc(O)c(/C=N/NC(=O)C2CCN(Cc3ccc(Br)cc3)CC2)c1. The smallest absolute Gasteiger partial charge is 0.243 e. The average Bonchev–Trinajstić information content (AvgIpc) is 2.71. The van der Waals surface area contributed by atoms with E-state index in [0.717, 1.165) is 36.9 Å². The van der Waals surface area contributed by atoms with E-state index in [2.05, 4.69) is 43.5 Å². The first-order valence-corrected chi connectivity index (χ1v) is 10.0. The maximum Gasteiger partial charge on any atom is 0.243 e. The molecular formula is C21H24BrN3O3. The number of rotatable bonds is 6. The molecule has 1 fully saturated rings. The van der Waals surface area contributed by atoms with Crippen LogP contribution in [0.2, 0.25) is 0 Å². The topological polar surface area (TPSA) is 74.2 Å². The van der Waals surface area contributed by atoms with Crippen LogP contribution in [0.15, 0.2) is 52.0 Å². The van der Waals surface area contributed by atoms with Gasteiger partial charge in [0.2, 0.25) is 5.91 Å². The highest BCUT2D eigenvalue weighted by atomic mass is 79.9. The van der Waals surface area contributed by atoms with Crippen molar-refractivity contribution in [3.8, 4) is 11.5 Å². The summed E-state index contributed by atoms with van der Waals surface area (Å²) in [6.07, 6.45) is 3.04. The second kappa shape index (κ2) is 9.71. The predicted octanol–water partition coefficient (Wildman–Crippen LogP) is 3.53. The van der Waals surface area contributed by atoms with Crippen molar-refractivity contribution >= 4 is 28.1 Å². The Bertz CT molecular complexity index is 831. The molecule has 0 radical (unpaired) electrons. The van der Waals surface area contributed by atoms with Crippen LogP contribution in [-0.2, 0) is 11.3 Å². The number of carbonyl (C=O) groups excluding carboxylic acids is 1. The minimum atomic E-state index is -0.0815. The van der Waals surface area contributed by atoms with Crippen LogP contribution >= 0.6 is 15.9 Å². The first-order chi connectivity index (χ1) is 13.5. The summed E-state index contributed by atoms with van der Waals surface area (Å²) >= 11 is 3.45. The van der Waals surface area contributed by atoms with Crippen molar-refractivity contribution < 1.29 is 14.6 Å². The third-order valence-electron chi connectivity index (χ3n) is 4.89. The van der Waals surface area contributed by atoms with Gasteiger partial charge in [-0.3, -0.25) is 9.69 Å². The number of benzene rings is 2. The van der Waals surface area contributed by atoms with Crippen molar-refractivity contribution in [2.24, 2.45) is 11.0 Å². The highest BCUT2D eigenvalue weighted by Gasteiger charge is 2.24. The molecule has 1 aliphatic rings. The number of methoxy groups -OCH3 is 1. The van der Waals surface area contributed by atoms with Crippen molar-refractivity contribution in [1.82, 2.24) is 10.3 Å². The van der Waals surface area contributed by atoms with Crippen molar-refractivity contribution in [1.29, 1.82) is 0 Å². The van der Waals surface area contributed by atoms with Crippen LogP contribution in [-0.4, -0.2) is 42.3 Å². The number of aromatic hydroxyl groups is 1. The molecule has 2 N–H and O–H groups in total. The molecule has 2 aromatic rings. The van der Waals surface area contributed by atoms with E-state index in [-0.39, 0.29) is 17.6 Å². The Hall–Kier alpha value is -2.38. The number of hydrogen-bond donors (Lipinski definition) is 2. The minimum Gasteiger partial charge on any atom is -0.507 e. The van der Waals surface area contributed by atoms with Gasteiger partial charge >= 0.3 is 0 Å². The number of nitrogens with one attached hydrogen (secondary N) is 1. The Labute approximate surface area is 173 Å². The Morgan fingerprint density at radius 3 is 2.68 bits per heavy atom. The quantitative estimate of drug-likeness (QED) is 0.526. The highest BCUT2D eigenvalue weighted by molar-refractivity contribution is 9.10. The number of nitrogens with zero attached hydrogens (tertiary/aromatic N) is 2. The fourth-order valence-electron chi connectivity index (χ4n) is 3.22. The Kier molecular flexibility index (Phi) is 7.06. The van der Waals surface area contributed by atoms with E-state index in [1.165, 1.54) is 17.8 Å². The first kappa shape index (κ1) is 20.4. The fraction of sp³-hybridized carbons (Fsp3) is 0.333. The van der Waals surface area contributed by atoms with Crippen molar-refractivity contribution in [2.45, 2.75) is 19.4 Å². The molecule has 6 nitrogen and oxygen atoms in total. The molecular weight excluding hydrogens is 422 g/mol. The highest BCUT2D eigenvalue weighted by Crippen LogP contribution is 2.22. The Morgan fingerprint density at radius 2 is 2.00 bits per heavy atom. The number of carbonyl (C=O) groups is 1. The molecule has 148 valence electrons. The number of hydrazone groups is 1. The zero-order valence-electron chi connectivity index (χ0n) is 15.8. The van der Waals surface area contributed by atoms with Gasteiger partial charge < -0.3 is 9.84 Å². The molecule has 1 saturated heterocycles. The Morgan fingerprint density at radius 1 is 1.29 bits per heavy atom. The van der Waals surface area contributed by atoms with Crippen LogP contribution in [0.1, 0.15) is 24.0 Å². The van der Waals surface area contributed by atoms with E-state index in [9.17, 15) is 9.90 Å². The number of ether oxygens (including phenoxy) is 1. The lowest BCUT2D eigenvalue weighted by Gasteiger charge is -2.30. The molecule has 0 bridgehead atoms. The second-order valence-electron chi connectivity index (χ2n) is 6.84. The molecule has 1 heterocycles. The fourth-order valence-corrected chi connectivity index (χ4v) is 3.49. The Balaban J connectivity index is 1.47. The van der Waals surface area contributed by atoms with Crippen LogP contribution in [0.4, 0.5) is 0 Å². The van der Waals surface area contributed by atoms with Crippen LogP contribution in [0, 0.1) is 5.92 Å². The molecule has 0 unspecified atom stereocenters. The van der Waals surface area contributed by atoms with Gasteiger partial charge in [0.25, 0.3) is 0 Å². The lowest BCUT2D eigenvalue weighted by atomic mass is 9.96. The number of phenolic OH excluding ortho intramolecular Hbond substituents is 1. The van der Waals surface area contributed by atoms with E-state index in [0.29, 0.717) is 11.3 Å². The molecule has 3 rings (SSSR count). The number of amides is 1. The standard InChI is InChI=1S/C21H24BrN3O3/c1-28-19-6-7-20(26)17(12-19)13-23-24-21(27)16-8-10-25(11-9-16)14-15-2-4-18(22)5-3-15/h2-7,12-13,16,26H,8-11,14H2,1H3,(H,24,27)/b23-13+. The maximum atomic E-state index is 12.4. The van der Waals surface area contributed by atoms with Gasteiger partial charge in [0, 0.05) is 22.5 Å². The van der Waals surface area contributed by atoms with Gasteiger partial charge in [-0.15, -0.1) is 0 Å². The van der Waals surface area contributed by atoms with Gasteiger partial charge in [-0.25, -0.2) is 5.43 Å². The van der Waals surface area contributed by atoms with Crippen molar-refractivity contribution in [3.63, 3.8) is 0 Å². The summed E-state index contributed by atoms with van der Waals surface area (Å²) in [5, 5.41) is 13.8. The van der Waals surface area contributed by atoms with E-state index in [1.54, 1.807) is 19.2 Å². The van der Waals surface area contributed by atoms with Crippen LogP contribution < -0.4 is 10.2 Å². The molecule has 7 heteroatoms. The zero-order chi connectivity index (χ0) is 19.9. The summed E-state index contributed by atoms with van der Waals surface area (Å²) in [7, 11) is 1.55. The van der Waals surface area contributed by atoms with E-state index in [1.807, 2.05) is 12.1 Å². The molecule has 1 amide bonds. The molecule has 28 heavy (non-hydrogen) atoms. The third kappa shape index (κ3) is 5.56. The summed E-state index contributed by atoms with van der Waals surface area (Å²) in [5.74, 6) is 0.572. The van der Waals surface area contributed by atoms with E-state index >= 15 is 0 Å². The van der Waals surface area contributed by atoms with Crippen molar-refractivity contribution in [2.75, 3.05) is 20.2 Å². The summed E-state index contributed by atoms with van der Waals surface area (Å²) < 4.78 is 6.20. The molecule has 1 aliphatic heterocycles. The molecule has 0 saturated carbocycles. The number of halogens is 1. The van der Waals surface area contributed by atoms with Crippen molar-refractivity contribution in [3.05, 3.63) is 58.1 Å². The molecule has 0 atom stereocenters. The van der Waals surface area contributed by atoms with Crippen LogP contribution in [0.25, 0.3) is 0 Å². The van der Waals surface area contributed by atoms with Gasteiger partial charge in [-0.2, -0.15) is 5.10 Å². The second-order valence-corrected chi connectivity index (χ2v) is 7.75. The monoisotopic (exact) mass is 445 g/mol. The van der Waals surface area contributed by atoms with Gasteiger partial charge in [-0.05, 0) is 61.8 Å². The minimum absolute atomic E-state index is 0.0442. The summed E-state index contributed by atoms with van der Waals surface area (Å²) in [5.41, 5.74) is 4.35.